The van der Waals surface area contributed by atoms with Gasteiger partial charge in [-0.15, -0.1) is 0 Å². The van der Waals surface area contributed by atoms with Crippen molar-refractivity contribution >= 4 is 0 Å². The van der Waals surface area contributed by atoms with Crippen molar-refractivity contribution in [1.82, 2.24) is 4.98 Å². The van der Waals surface area contributed by atoms with Crippen LogP contribution in [0.1, 0.15) is 5.69 Å². The van der Waals surface area contributed by atoms with Gasteiger partial charge >= 0.3 is 0 Å². The fourth-order valence-corrected chi connectivity index (χ4v) is 1.21. The quantitative estimate of drug-likeness (QED) is 0.698. The van der Waals surface area contributed by atoms with Crippen molar-refractivity contribution < 1.29 is 14.2 Å². The topological polar surface area (TPSA) is 66.6 Å². The zero-order chi connectivity index (χ0) is 11.1. The Hall–Kier alpha value is -1.33. The number of rotatable bonds is 6. The number of ether oxygens (including phenoxy) is 3. The molecule has 15 heavy (non-hydrogen) atoms. The van der Waals surface area contributed by atoms with E-state index in [2.05, 4.69) is 4.98 Å². The summed E-state index contributed by atoms with van der Waals surface area (Å²) >= 11 is 0. The van der Waals surface area contributed by atoms with Gasteiger partial charge in [-0.05, 0) is 0 Å². The molecule has 0 bridgehead atoms. The summed E-state index contributed by atoms with van der Waals surface area (Å²) < 4.78 is 15.6. The number of hydrogen-bond donors (Lipinski definition) is 1. The first-order valence-electron chi connectivity index (χ1n) is 4.67. The van der Waals surface area contributed by atoms with Crippen LogP contribution >= 0.6 is 0 Å². The Kier molecular flexibility index (Phi) is 4.86. The van der Waals surface area contributed by atoms with E-state index in [1.807, 2.05) is 0 Å². The van der Waals surface area contributed by atoms with E-state index < -0.39 is 0 Å². The van der Waals surface area contributed by atoms with Crippen LogP contribution in [-0.4, -0.2) is 32.4 Å². The van der Waals surface area contributed by atoms with E-state index in [1.165, 1.54) is 0 Å². The molecular formula is C10H16N2O3. The first-order chi connectivity index (χ1) is 7.33. The first-order valence-corrected chi connectivity index (χ1v) is 4.67. The maximum atomic E-state index is 5.32. The van der Waals surface area contributed by atoms with Crippen molar-refractivity contribution in [3.8, 4) is 11.5 Å². The molecule has 5 nitrogen and oxygen atoms in total. The molecule has 1 aromatic rings. The van der Waals surface area contributed by atoms with Gasteiger partial charge in [0.25, 0.3) is 0 Å². The molecule has 0 fully saturated rings. The molecule has 0 aliphatic rings. The highest BCUT2D eigenvalue weighted by atomic mass is 16.5. The number of nitrogens with zero attached hydrogens (tertiary/aromatic N) is 1. The zero-order valence-corrected chi connectivity index (χ0v) is 9.03. The van der Waals surface area contributed by atoms with E-state index in [0.29, 0.717) is 37.0 Å². The average molecular weight is 212 g/mol. The van der Waals surface area contributed by atoms with Crippen LogP contribution in [0, 0.1) is 0 Å². The molecule has 1 aromatic heterocycles. The zero-order valence-electron chi connectivity index (χ0n) is 9.03. The van der Waals surface area contributed by atoms with Gasteiger partial charge in [-0.1, -0.05) is 0 Å². The number of pyridine rings is 1. The van der Waals surface area contributed by atoms with E-state index in [1.54, 1.807) is 26.5 Å². The highest BCUT2D eigenvalue weighted by molar-refractivity contribution is 5.42. The van der Waals surface area contributed by atoms with Gasteiger partial charge in [-0.2, -0.15) is 0 Å². The van der Waals surface area contributed by atoms with Crippen molar-refractivity contribution in [1.29, 1.82) is 0 Å². The molecule has 0 aliphatic carbocycles. The largest absolute Gasteiger partial charge is 0.493 e. The normalized spacial score (nSPS) is 10.1. The average Bonchev–Trinajstić information content (AvgIpc) is 2.29. The Morgan fingerprint density at radius 1 is 1.33 bits per heavy atom. The molecular weight excluding hydrogens is 196 g/mol. The molecule has 0 aromatic carbocycles. The molecule has 1 rings (SSSR count). The summed E-state index contributed by atoms with van der Waals surface area (Å²) in [5, 5.41) is 0. The van der Waals surface area contributed by atoms with Crippen LogP contribution in [0.5, 0.6) is 11.5 Å². The second kappa shape index (κ2) is 6.21. The molecule has 5 heteroatoms. The smallest absolute Gasteiger partial charge is 0.184 e. The monoisotopic (exact) mass is 212 g/mol. The number of methoxy groups -OCH3 is 2. The summed E-state index contributed by atoms with van der Waals surface area (Å²) in [4.78, 5) is 4.16. The van der Waals surface area contributed by atoms with Crippen molar-refractivity contribution in [3.63, 3.8) is 0 Å². The summed E-state index contributed by atoms with van der Waals surface area (Å²) in [6, 6.07) is 1.74. The molecule has 0 radical (unpaired) electrons. The second-order valence-corrected chi connectivity index (χ2v) is 2.83. The second-order valence-electron chi connectivity index (χ2n) is 2.83. The van der Waals surface area contributed by atoms with Gasteiger partial charge in [0.1, 0.15) is 5.69 Å². The van der Waals surface area contributed by atoms with Gasteiger partial charge in [0.2, 0.25) is 0 Å². The molecule has 0 unspecified atom stereocenters. The fraction of sp³-hybridized carbons (Fsp3) is 0.500. The summed E-state index contributed by atoms with van der Waals surface area (Å²) in [5.41, 5.74) is 6.03. The molecule has 0 saturated carbocycles. The van der Waals surface area contributed by atoms with Crippen molar-refractivity contribution in [2.75, 3.05) is 27.4 Å². The Morgan fingerprint density at radius 3 is 2.73 bits per heavy atom. The van der Waals surface area contributed by atoms with Crippen LogP contribution < -0.4 is 15.2 Å². The lowest BCUT2D eigenvalue weighted by Crippen LogP contribution is -2.09. The van der Waals surface area contributed by atoms with Gasteiger partial charge in [0.05, 0.1) is 27.4 Å². The molecule has 0 amide bonds. The molecule has 84 valence electrons. The lowest BCUT2D eigenvalue weighted by molar-refractivity contribution is 0.123. The van der Waals surface area contributed by atoms with Crippen LogP contribution in [0.15, 0.2) is 12.3 Å². The minimum absolute atomic E-state index is 0.373. The fourth-order valence-electron chi connectivity index (χ4n) is 1.21. The molecule has 0 atom stereocenters. The number of nitrogens with two attached hydrogens (primary N) is 1. The SMILES string of the molecule is COc1ccnc(COCCN)c1OC. The predicted molar refractivity (Wildman–Crippen MR) is 56.1 cm³/mol. The minimum Gasteiger partial charge on any atom is -0.493 e. The van der Waals surface area contributed by atoms with Crippen molar-refractivity contribution in [3.05, 3.63) is 18.0 Å². The molecule has 2 N–H and O–H groups in total. The Balaban J connectivity index is 2.76. The predicted octanol–water partition coefficient (Wildman–Crippen LogP) is 0.574. The standard InChI is InChI=1S/C10H16N2O3/c1-13-9-3-5-12-8(10(9)14-2)7-15-6-4-11/h3,5H,4,6-7,11H2,1-2H3. The van der Waals surface area contributed by atoms with Gasteiger partial charge in [0, 0.05) is 18.8 Å². The van der Waals surface area contributed by atoms with Crippen LogP contribution in [-0.2, 0) is 11.3 Å². The Bertz CT molecular complexity index is 305. The molecule has 1 heterocycles. The van der Waals surface area contributed by atoms with Crippen LogP contribution in [0.4, 0.5) is 0 Å². The third-order valence-corrected chi connectivity index (χ3v) is 1.87. The van der Waals surface area contributed by atoms with E-state index in [4.69, 9.17) is 19.9 Å². The highest BCUT2D eigenvalue weighted by Gasteiger charge is 2.10. The van der Waals surface area contributed by atoms with E-state index in [0.717, 1.165) is 0 Å². The lowest BCUT2D eigenvalue weighted by Gasteiger charge is -2.11. The maximum absolute atomic E-state index is 5.32. The van der Waals surface area contributed by atoms with Crippen molar-refractivity contribution in [2.24, 2.45) is 5.73 Å². The van der Waals surface area contributed by atoms with Crippen LogP contribution in [0.2, 0.25) is 0 Å². The van der Waals surface area contributed by atoms with Crippen molar-refractivity contribution in [2.45, 2.75) is 6.61 Å². The van der Waals surface area contributed by atoms with Gasteiger partial charge in [-0.25, -0.2) is 0 Å². The van der Waals surface area contributed by atoms with Crippen LogP contribution in [0.25, 0.3) is 0 Å². The van der Waals surface area contributed by atoms with E-state index in [9.17, 15) is 0 Å². The maximum Gasteiger partial charge on any atom is 0.184 e. The minimum atomic E-state index is 0.373. The van der Waals surface area contributed by atoms with Crippen LogP contribution in [0.3, 0.4) is 0 Å². The highest BCUT2D eigenvalue weighted by Crippen LogP contribution is 2.29. The van der Waals surface area contributed by atoms with Gasteiger partial charge in [-0.3, -0.25) is 4.98 Å². The van der Waals surface area contributed by atoms with Gasteiger partial charge < -0.3 is 19.9 Å². The van der Waals surface area contributed by atoms with E-state index in [-0.39, 0.29) is 0 Å². The first kappa shape index (κ1) is 11.7. The third-order valence-electron chi connectivity index (χ3n) is 1.87. The molecule has 0 aliphatic heterocycles. The Morgan fingerprint density at radius 2 is 2.13 bits per heavy atom. The lowest BCUT2D eigenvalue weighted by atomic mass is 10.3. The molecule has 0 saturated heterocycles. The van der Waals surface area contributed by atoms with Gasteiger partial charge in [0.15, 0.2) is 11.5 Å². The number of aromatic nitrogens is 1. The summed E-state index contributed by atoms with van der Waals surface area (Å²) in [6.07, 6.45) is 1.66. The Labute approximate surface area is 89.2 Å². The summed E-state index contributed by atoms with van der Waals surface area (Å²) in [6.45, 7) is 1.37. The summed E-state index contributed by atoms with van der Waals surface area (Å²) in [7, 11) is 3.16. The number of hydrogen-bond acceptors (Lipinski definition) is 5. The summed E-state index contributed by atoms with van der Waals surface area (Å²) in [5.74, 6) is 1.26. The third kappa shape index (κ3) is 3.07. The van der Waals surface area contributed by atoms with E-state index >= 15 is 0 Å². The molecule has 0 spiro atoms.